The van der Waals surface area contributed by atoms with Crippen LogP contribution in [-0.4, -0.2) is 36.0 Å². The van der Waals surface area contributed by atoms with Gasteiger partial charge in [0.1, 0.15) is 18.7 Å². The number of unbranched alkanes of at least 4 members (excludes halogenated alkanes) is 1. The fourth-order valence-corrected chi connectivity index (χ4v) is 3.97. The Hall–Kier alpha value is -2.42. The topological polar surface area (TPSA) is 76.9 Å². The summed E-state index contributed by atoms with van der Waals surface area (Å²) >= 11 is 16.2. The highest BCUT2D eigenvalue weighted by Crippen LogP contribution is 2.39. The van der Waals surface area contributed by atoms with Gasteiger partial charge in [0, 0.05) is 22.9 Å². The first-order chi connectivity index (χ1) is 15.7. The van der Waals surface area contributed by atoms with Crippen LogP contribution in [-0.2, 0) is 19.2 Å². The summed E-state index contributed by atoms with van der Waals surface area (Å²) in [6, 6.07) is 8.73. The molecule has 0 atom stereocenters. The molecule has 176 valence electrons. The van der Waals surface area contributed by atoms with Crippen molar-refractivity contribution in [2.45, 2.75) is 39.0 Å². The molecule has 1 heterocycles. The lowest BCUT2D eigenvalue weighted by atomic mass is 9.86. The molecule has 2 aromatic rings. The SMILES string of the molecule is CCOC(=O)c1c([N+](=CCCCOc2ccc3c(c2)C(C)(C)C(=O)N3)OS)ccc(Cl)c1Cl. The van der Waals surface area contributed by atoms with Crippen LogP contribution in [0, 0.1) is 0 Å². The molecule has 0 spiro atoms. The number of rotatable bonds is 9. The van der Waals surface area contributed by atoms with Crippen molar-refractivity contribution in [3.05, 3.63) is 51.5 Å². The second-order valence-corrected chi connectivity index (χ2v) is 8.79. The molecule has 1 amide bonds. The predicted octanol–water partition coefficient (Wildman–Crippen LogP) is 5.75. The largest absolute Gasteiger partial charge is 0.494 e. The molecule has 33 heavy (non-hydrogen) atoms. The maximum atomic E-state index is 12.4. The van der Waals surface area contributed by atoms with E-state index in [1.165, 1.54) is 4.74 Å². The van der Waals surface area contributed by atoms with Crippen LogP contribution in [0.2, 0.25) is 10.0 Å². The fraction of sp³-hybridized carbons (Fsp3) is 0.348. The van der Waals surface area contributed by atoms with E-state index in [1.807, 2.05) is 32.0 Å². The highest BCUT2D eigenvalue weighted by Gasteiger charge is 2.38. The van der Waals surface area contributed by atoms with Gasteiger partial charge < -0.3 is 14.8 Å². The smallest absolute Gasteiger partial charge is 0.346 e. The molecule has 1 aliphatic rings. The van der Waals surface area contributed by atoms with Crippen molar-refractivity contribution in [3.63, 3.8) is 0 Å². The number of nitrogens with one attached hydrogen (secondary N) is 1. The Kier molecular flexibility index (Phi) is 8.15. The number of benzene rings is 2. The maximum absolute atomic E-state index is 12.4. The summed E-state index contributed by atoms with van der Waals surface area (Å²) in [6.07, 6.45) is 2.92. The minimum atomic E-state index is -0.611. The lowest BCUT2D eigenvalue weighted by Gasteiger charge is -2.16. The molecule has 0 saturated heterocycles. The van der Waals surface area contributed by atoms with Crippen LogP contribution in [0.15, 0.2) is 30.3 Å². The van der Waals surface area contributed by atoms with Gasteiger partial charge in [-0.1, -0.05) is 23.2 Å². The molecule has 1 aliphatic heterocycles. The third-order valence-electron chi connectivity index (χ3n) is 5.27. The second kappa shape index (κ2) is 10.7. The van der Waals surface area contributed by atoms with Crippen molar-refractivity contribution in [3.8, 4) is 5.75 Å². The Bertz CT molecular complexity index is 1100. The molecule has 2 aromatic carbocycles. The van der Waals surface area contributed by atoms with E-state index in [9.17, 15) is 9.59 Å². The molecule has 10 heteroatoms. The number of amides is 1. The summed E-state index contributed by atoms with van der Waals surface area (Å²) in [5, 5.41) is 3.18. The molecule has 0 saturated carbocycles. The zero-order valence-electron chi connectivity index (χ0n) is 18.5. The van der Waals surface area contributed by atoms with E-state index in [2.05, 4.69) is 18.2 Å². The van der Waals surface area contributed by atoms with E-state index in [0.29, 0.717) is 30.9 Å². The van der Waals surface area contributed by atoms with E-state index >= 15 is 0 Å². The lowest BCUT2D eigenvalue weighted by Crippen LogP contribution is -2.26. The molecule has 0 bridgehead atoms. The van der Waals surface area contributed by atoms with Gasteiger partial charge >= 0.3 is 5.97 Å². The van der Waals surface area contributed by atoms with Crippen molar-refractivity contribution in [2.24, 2.45) is 0 Å². The number of carbonyl (C=O) groups is 2. The van der Waals surface area contributed by atoms with E-state index in [4.69, 9.17) is 37.0 Å². The monoisotopic (exact) mass is 511 g/mol. The number of hydrogen-bond acceptors (Lipinski definition) is 6. The first-order valence-electron chi connectivity index (χ1n) is 10.4. The van der Waals surface area contributed by atoms with Gasteiger partial charge in [0.15, 0.2) is 5.56 Å². The maximum Gasteiger partial charge on any atom is 0.346 e. The van der Waals surface area contributed by atoms with Crippen molar-refractivity contribution in [1.29, 1.82) is 0 Å². The Balaban J connectivity index is 1.66. The van der Waals surface area contributed by atoms with Crippen LogP contribution in [0.5, 0.6) is 5.75 Å². The third-order valence-corrected chi connectivity index (χ3v) is 6.25. The summed E-state index contributed by atoms with van der Waals surface area (Å²) in [6.45, 7) is 6.09. The van der Waals surface area contributed by atoms with Gasteiger partial charge in [-0.3, -0.25) is 4.79 Å². The number of ether oxygens (including phenoxy) is 2. The van der Waals surface area contributed by atoms with Crippen LogP contribution in [0.3, 0.4) is 0 Å². The van der Waals surface area contributed by atoms with Crippen LogP contribution >= 0.6 is 36.1 Å². The van der Waals surface area contributed by atoms with Crippen molar-refractivity contribution in [2.75, 3.05) is 18.5 Å². The average molecular weight is 512 g/mol. The van der Waals surface area contributed by atoms with Gasteiger partial charge in [-0.2, -0.15) is 4.28 Å². The summed E-state index contributed by atoms with van der Waals surface area (Å²) < 4.78 is 17.4. The molecular formula is C23H25Cl2N2O5S+. The first kappa shape index (κ1) is 25.2. The predicted molar refractivity (Wildman–Crippen MR) is 131 cm³/mol. The molecule has 3 rings (SSSR count). The molecule has 0 fully saturated rings. The van der Waals surface area contributed by atoms with Gasteiger partial charge in [0.25, 0.3) is 5.69 Å². The third kappa shape index (κ3) is 5.39. The summed E-state index contributed by atoms with van der Waals surface area (Å²) in [4.78, 5) is 24.5. The van der Waals surface area contributed by atoms with E-state index in [-0.39, 0.29) is 28.1 Å². The number of thiol groups is 1. The summed E-state index contributed by atoms with van der Waals surface area (Å²) in [7, 11) is 0. The van der Waals surface area contributed by atoms with Crippen molar-refractivity contribution < 1.29 is 28.1 Å². The number of anilines is 1. The zero-order valence-corrected chi connectivity index (χ0v) is 20.9. The molecular weight excluding hydrogens is 487 g/mol. The number of carbonyl (C=O) groups excluding carboxylic acids is 2. The first-order valence-corrected chi connectivity index (χ1v) is 11.5. The van der Waals surface area contributed by atoms with E-state index in [0.717, 1.165) is 11.3 Å². The highest BCUT2D eigenvalue weighted by molar-refractivity contribution is 7.74. The van der Waals surface area contributed by atoms with Gasteiger partial charge in [0.2, 0.25) is 12.1 Å². The normalized spacial score (nSPS) is 14.5. The van der Waals surface area contributed by atoms with Crippen LogP contribution in [0.4, 0.5) is 11.4 Å². The number of hydrogen-bond donors (Lipinski definition) is 2. The van der Waals surface area contributed by atoms with Crippen LogP contribution < -0.4 is 10.1 Å². The Labute approximate surface area is 208 Å². The van der Waals surface area contributed by atoms with E-state index in [1.54, 1.807) is 25.3 Å². The number of halogens is 2. The van der Waals surface area contributed by atoms with Crippen LogP contribution in [0.25, 0.3) is 0 Å². The fourth-order valence-electron chi connectivity index (χ4n) is 3.42. The minimum absolute atomic E-state index is 0.0272. The summed E-state index contributed by atoms with van der Waals surface area (Å²) in [5.74, 6) is 0.0508. The zero-order chi connectivity index (χ0) is 24.2. The molecule has 7 nitrogen and oxygen atoms in total. The Morgan fingerprint density at radius 1 is 1.24 bits per heavy atom. The number of fused-ring (bicyclic) bond motifs is 1. The minimum Gasteiger partial charge on any atom is -0.494 e. The number of esters is 1. The van der Waals surface area contributed by atoms with Gasteiger partial charge in [-0.05, 0) is 57.0 Å². The average Bonchev–Trinajstić information content (AvgIpc) is 3.01. The molecule has 0 aliphatic carbocycles. The molecule has 1 N–H and O–H groups in total. The van der Waals surface area contributed by atoms with Crippen molar-refractivity contribution >= 4 is 65.6 Å². The quantitative estimate of drug-likeness (QED) is 0.0851. The number of nitrogens with zero attached hydrogens (tertiary/aromatic N) is 1. The van der Waals surface area contributed by atoms with E-state index < -0.39 is 11.4 Å². The van der Waals surface area contributed by atoms with Crippen molar-refractivity contribution in [1.82, 2.24) is 0 Å². The molecule has 0 radical (unpaired) electrons. The summed E-state index contributed by atoms with van der Waals surface area (Å²) in [5.41, 5.74) is 1.58. The Morgan fingerprint density at radius 3 is 2.70 bits per heavy atom. The molecule has 0 unspecified atom stereocenters. The second-order valence-electron chi connectivity index (χ2n) is 7.84. The van der Waals surface area contributed by atoms with Gasteiger partial charge in [0.05, 0.1) is 28.7 Å². The highest BCUT2D eigenvalue weighted by atomic mass is 35.5. The molecule has 0 aromatic heterocycles. The van der Waals surface area contributed by atoms with Crippen LogP contribution in [0.1, 0.15) is 49.5 Å². The van der Waals surface area contributed by atoms with Gasteiger partial charge in [-0.15, -0.1) is 0 Å². The lowest BCUT2D eigenvalue weighted by molar-refractivity contribution is -0.672. The Morgan fingerprint density at radius 2 is 2.00 bits per heavy atom. The van der Waals surface area contributed by atoms with Gasteiger partial charge in [-0.25, -0.2) is 4.79 Å². The standard InChI is InChI=1S/C23H24Cl2N2O5S/c1-4-30-21(28)19-18(10-8-16(24)20(19)25)27(32-33)11-5-6-12-31-14-7-9-17-15(13-14)23(2,3)22(29)26-17/h7-11,13H,4-6,12H2,1-3H3,(H-,26,29,33)/p+1.